The van der Waals surface area contributed by atoms with E-state index in [1.54, 1.807) is 48.5 Å². The molecule has 2 N–H and O–H groups in total. The van der Waals surface area contributed by atoms with Crippen LogP contribution in [0.3, 0.4) is 0 Å². The molecule has 2 atom stereocenters. The molecule has 0 aromatic heterocycles. The van der Waals surface area contributed by atoms with E-state index in [0.717, 1.165) is 18.4 Å². The highest BCUT2D eigenvalue weighted by Crippen LogP contribution is 2.43. The lowest BCUT2D eigenvalue weighted by molar-refractivity contribution is -0.123. The maximum Gasteiger partial charge on any atom is 0.265 e. The number of hydrogen-bond acceptors (Lipinski definition) is 5. The first-order chi connectivity index (χ1) is 20.4. The molecule has 7 heteroatoms. The lowest BCUT2D eigenvalue weighted by atomic mass is 9.71. The number of para-hydroxylation sites is 1. The van der Waals surface area contributed by atoms with E-state index in [0.29, 0.717) is 23.5 Å². The fourth-order valence-corrected chi connectivity index (χ4v) is 4.92. The van der Waals surface area contributed by atoms with Crippen LogP contribution in [0.5, 0.6) is 5.75 Å². The highest BCUT2D eigenvalue weighted by molar-refractivity contribution is 6.16. The van der Waals surface area contributed by atoms with Crippen molar-refractivity contribution >= 4 is 29.0 Å². The van der Waals surface area contributed by atoms with Crippen molar-refractivity contribution in [2.24, 2.45) is 0 Å². The lowest BCUT2D eigenvalue weighted by Gasteiger charge is -2.35. The molecule has 3 rings (SSSR count). The zero-order chi connectivity index (χ0) is 31.8. The molecule has 2 unspecified atom stereocenters. The van der Waals surface area contributed by atoms with Crippen LogP contribution in [0.2, 0.25) is 0 Å². The number of carbonyl (C=O) groups excluding carboxylic acids is 3. The summed E-state index contributed by atoms with van der Waals surface area (Å²) in [5.74, 6) is -0.703. The molecule has 0 spiro atoms. The van der Waals surface area contributed by atoms with Gasteiger partial charge in [0, 0.05) is 29.6 Å². The van der Waals surface area contributed by atoms with Crippen molar-refractivity contribution in [3.05, 3.63) is 89.5 Å². The summed E-state index contributed by atoms with van der Waals surface area (Å²) >= 11 is 0. The van der Waals surface area contributed by atoms with Crippen molar-refractivity contribution in [2.45, 2.75) is 90.8 Å². The smallest absolute Gasteiger partial charge is 0.265 e. The molecule has 7 nitrogen and oxygen atoms in total. The Balaban J connectivity index is 1.82. The number of hydrogen-bond donors (Lipinski definition) is 2. The Hall–Kier alpha value is -3.97. The summed E-state index contributed by atoms with van der Waals surface area (Å²) in [7, 11) is 1.31. The van der Waals surface area contributed by atoms with Gasteiger partial charge in [-0.2, -0.15) is 0 Å². The quantitative estimate of drug-likeness (QED) is 0.149. The highest BCUT2D eigenvalue weighted by Gasteiger charge is 2.33. The van der Waals surface area contributed by atoms with E-state index in [9.17, 15) is 14.4 Å². The van der Waals surface area contributed by atoms with E-state index >= 15 is 0 Å². The van der Waals surface area contributed by atoms with Crippen LogP contribution in [0, 0.1) is 0 Å². The molecule has 0 saturated carbocycles. The second-order valence-electron chi connectivity index (χ2n) is 12.1. The minimum absolute atomic E-state index is 0.0594. The van der Waals surface area contributed by atoms with Crippen LogP contribution >= 0.6 is 0 Å². The predicted octanol–water partition coefficient (Wildman–Crippen LogP) is 7.69. The van der Waals surface area contributed by atoms with Gasteiger partial charge in [-0.3, -0.25) is 14.4 Å². The number of Topliss-reactive ketones (excluding diaryl/α,β-unsaturated/α-hetero) is 1. The normalized spacial score (nSPS) is 13.1. The van der Waals surface area contributed by atoms with Crippen LogP contribution in [0.4, 0.5) is 11.4 Å². The molecule has 0 aliphatic heterocycles. The first-order valence-electron chi connectivity index (χ1n) is 15.0. The largest absolute Gasteiger partial charge is 0.480 e. The first-order valence-corrected chi connectivity index (χ1v) is 15.0. The summed E-state index contributed by atoms with van der Waals surface area (Å²) in [6.07, 6.45) is 0.222. The number of carbonyl (C=O) groups is 3. The van der Waals surface area contributed by atoms with Crippen LogP contribution in [0.1, 0.15) is 89.2 Å². The van der Waals surface area contributed by atoms with E-state index in [1.165, 1.54) is 12.7 Å². The number of rotatable bonds is 14. The Morgan fingerprint density at radius 3 is 1.95 bits per heavy atom. The molecular weight excluding hydrogens is 540 g/mol. The fourth-order valence-electron chi connectivity index (χ4n) is 4.92. The monoisotopic (exact) mass is 586 g/mol. The van der Waals surface area contributed by atoms with Crippen molar-refractivity contribution in [2.75, 3.05) is 17.7 Å². The summed E-state index contributed by atoms with van der Waals surface area (Å²) < 4.78 is 11.7. The van der Waals surface area contributed by atoms with Gasteiger partial charge in [-0.05, 0) is 66.0 Å². The second kappa shape index (κ2) is 14.5. The van der Waals surface area contributed by atoms with E-state index in [4.69, 9.17) is 9.47 Å². The number of benzene rings is 3. The highest BCUT2D eigenvalue weighted by atomic mass is 16.5. The van der Waals surface area contributed by atoms with Crippen molar-refractivity contribution in [1.82, 2.24) is 0 Å². The van der Waals surface area contributed by atoms with Gasteiger partial charge in [0.05, 0.1) is 0 Å². The summed E-state index contributed by atoms with van der Waals surface area (Å²) in [5, 5.41) is 5.61. The number of ketones is 1. The zero-order valence-electron chi connectivity index (χ0n) is 26.7. The van der Waals surface area contributed by atoms with Crippen molar-refractivity contribution in [1.29, 1.82) is 0 Å². The molecule has 3 aromatic carbocycles. The average molecular weight is 587 g/mol. The third-order valence-electron chi connectivity index (χ3n) is 8.30. The molecule has 0 heterocycles. The second-order valence-corrected chi connectivity index (χ2v) is 12.1. The molecule has 43 heavy (non-hydrogen) atoms. The number of nitrogens with one attached hydrogen (secondary N) is 2. The van der Waals surface area contributed by atoms with Gasteiger partial charge in [-0.15, -0.1) is 0 Å². The summed E-state index contributed by atoms with van der Waals surface area (Å²) in [6.45, 7) is 15.1. The third-order valence-corrected chi connectivity index (χ3v) is 8.30. The van der Waals surface area contributed by atoms with E-state index in [-0.39, 0.29) is 22.3 Å². The van der Waals surface area contributed by atoms with Crippen LogP contribution in [0.15, 0.2) is 72.8 Å². The van der Waals surface area contributed by atoms with Gasteiger partial charge < -0.3 is 20.1 Å². The standard InChI is InChI=1S/C36H46N2O5/c1-9-28(43-29-22-16-21-27(35(4,5)10-2)30(29)36(6,7)11-3)33(40)38-26-20-15-17-24(23-26)31(39)32(42-8)34(41)37-25-18-13-12-14-19-25/h12-23,28,32H,9-11H2,1-8H3,(H,37,41)(H,38,40). The Morgan fingerprint density at radius 1 is 0.744 bits per heavy atom. The summed E-state index contributed by atoms with van der Waals surface area (Å²) in [4.78, 5) is 39.5. The van der Waals surface area contributed by atoms with Crippen LogP contribution < -0.4 is 15.4 Å². The van der Waals surface area contributed by atoms with Crippen LogP contribution in [-0.4, -0.2) is 36.9 Å². The van der Waals surface area contributed by atoms with E-state index in [1.807, 2.05) is 25.1 Å². The van der Waals surface area contributed by atoms with Gasteiger partial charge in [0.15, 0.2) is 12.2 Å². The van der Waals surface area contributed by atoms with Gasteiger partial charge in [0.1, 0.15) is 5.75 Å². The van der Waals surface area contributed by atoms with Gasteiger partial charge >= 0.3 is 0 Å². The first kappa shape index (κ1) is 33.5. The molecular formula is C36H46N2O5. The summed E-state index contributed by atoms with van der Waals surface area (Å²) in [6, 6.07) is 21.5. The number of anilines is 2. The Labute approximate surface area is 256 Å². The minimum atomic E-state index is -1.35. The van der Waals surface area contributed by atoms with Gasteiger partial charge in [0.2, 0.25) is 5.78 Å². The van der Waals surface area contributed by atoms with Gasteiger partial charge in [0.25, 0.3) is 11.8 Å². The minimum Gasteiger partial charge on any atom is -0.480 e. The lowest BCUT2D eigenvalue weighted by Crippen LogP contribution is -2.37. The molecule has 2 amide bonds. The Bertz CT molecular complexity index is 1410. The predicted molar refractivity (Wildman–Crippen MR) is 173 cm³/mol. The molecule has 0 aliphatic carbocycles. The van der Waals surface area contributed by atoms with Crippen LogP contribution in [0.25, 0.3) is 0 Å². The average Bonchev–Trinajstić information content (AvgIpc) is 3.00. The molecule has 0 bridgehead atoms. The number of ether oxygens (including phenoxy) is 2. The molecule has 230 valence electrons. The topological polar surface area (TPSA) is 93.7 Å². The van der Waals surface area contributed by atoms with Crippen molar-refractivity contribution in [3.63, 3.8) is 0 Å². The molecule has 0 aliphatic rings. The van der Waals surface area contributed by atoms with E-state index in [2.05, 4.69) is 58.2 Å². The maximum absolute atomic E-state index is 13.5. The Morgan fingerprint density at radius 2 is 1.35 bits per heavy atom. The molecule has 0 fully saturated rings. The Kier molecular flexibility index (Phi) is 11.3. The van der Waals surface area contributed by atoms with Crippen LogP contribution in [-0.2, 0) is 25.2 Å². The molecule has 0 saturated heterocycles. The zero-order valence-corrected chi connectivity index (χ0v) is 26.7. The number of methoxy groups -OCH3 is 1. The van der Waals surface area contributed by atoms with Crippen molar-refractivity contribution < 1.29 is 23.9 Å². The van der Waals surface area contributed by atoms with E-state index < -0.39 is 23.9 Å². The third kappa shape index (κ3) is 8.11. The van der Waals surface area contributed by atoms with Gasteiger partial charge in [-0.25, -0.2) is 0 Å². The van der Waals surface area contributed by atoms with Gasteiger partial charge in [-0.1, -0.05) is 90.9 Å². The number of amides is 2. The molecule has 3 aromatic rings. The fraction of sp³-hybridized carbons (Fsp3) is 0.417. The SMILES string of the molecule is CCC(Oc1cccc(C(C)(C)CC)c1C(C)(C)CC)C(=O)Nc1cccc(C(=O)C(OC)C(=O)Nc2ccccc2)c1. The summed E-state index contributed by atoms with van der Waals surface area (Å²) in [5.41, 5.74) is 3.35. The maximum atomic E-state index is 13.5. The molecule has 0 radical (unpaired) electrons. The van der Waals surface area contributed by atoms with Crippen molar-refractivity contribution in [3.8, 4) is 5.75 Å².